The maximum Gasteiger partial charge on any atom is 0.410 e. The Labute approximate surface area is 188 Å². The van der Waals surface area contributed by atoms with Crippen LogP contribution < -0.4 is 4.72 Å². The van der Waals surface area contributed by atoms with Gasteiger partial charge in [-0.3, -0.25) is 4.90 Å². The summed E-state index contributed by atoms with van der Waals surface area (Å²) in [5.74, 6) is -0.0650. The van der Waals surface area contributed by atoms with Crippen molar-refractivity contribution in [3.63, 3.8) is 0 Å². The van der Waals surface area contributed by atoms with E-state index in [1.165, 1.54) is 13.2 Å². The van der Waals surface area contributed by atoms with Crippen LogP contribution in [-0.4, -0.2) is 76.8 Å². The van der Waals surface area contributed by atoms with Gasteiger partial charge in [-0.15, -0.1) is 0 Å². The second-order valence-electron chi connectivity index (χ2n) is 8.99. The molecule has 178 valence electrons. The minimum Gasteiger partial charge on any atom is -0.453 e. The van der Waals surface area contributed by atoms with E-state index in [1.807, 2.05) is 6.07 Å². The minimum absolute atomic E-state index is 0.00915. The summed E-state index contributed by atoms with van der Waals surface area (Å²) in [6.45, 7) is 0.933. The van der Waals surface area contributed by atoms with Crippen LogP contribution in [0.1, 0.15) is 37.2 Å². The third kappa shape index (κ3) is 5.08. The van der Waals surface area contributed by atoms with Crippen molar-refractivity contribution >= 4 is 16.1 Å². The number of carbonyl (C=O) groups is 1. The summed E-state index contributed by atoms with van der Waals surface area (Å²) in [6, 6.07) is 5.53. The Morgan fingerprint density at radius 3 is 2.66 bits per heavy atom. The summed E-state index contributed by atoms with van der Waals surface area (Å²) in [4.78, 5) is 14.1. The maximum atomic E-state index is 13.6. The highest BCUT2D eigenvalue weighted by Crippen LogP contribution is 2.38. The number of carbonyl (C=O) groups excluding carboxylic acids is 1. The van der Waals surface area contributed by atoms with Crippen molar-refractivity contribution in [2.75, 3.05) is 33.2 Å². The summed E-state index contributed by atoms with van der Waals surface area (Å²) in [7, 11) is -2.17. The van der Waals surface area contributed by atoms with Gasteiger partial charge in [0.05, 0.1) is 57.4 Å². The van der Waals surface area contributed by atoms with Crippen LogP contribution in [0.25, 0.3) is 0 Å². The van der Waals surface area contributed by atoms with Crippen LogP contribution in [0.2, 0.25) is 0 Å². The largest absolute Gasteiger partial charge is 0.453 e. The van der Waals surface area contributed by atoms with E-state index in [2.05, 4.69) is 4.72 Å². The molecule has 10 heteroatoms. The lowest BCUT2D eigenvalue weighted by Crippen LogP contribution is -2.52. The average molecular weight is 471 g/mol. The number of nitrogens with zero attached hydrogens (tertiary/aromatic N) is 1. The van der Waals surface area contributed by atoms with Gasteiger partial charge in [0.15, 0.2) is 0 Å². The predicted octanol–water partition coefficient (Wildman–Crippen LogP) is 2.25. The molecule has 0 radical (unpaired) electrons. The number of hydrogen-bond acceptors (Lipinski definition) is 6. The summed E-state index contributed by atoms with van der Waals surface area (Å²) in [5.41, 5.74) is 1.02. The maximum absolute atomic E-state index is 13.6. The molecule has 1 aromatic rings. The lowest BCUT2D eigenvalue weighted by molar-refractivity contribution is -0.0137. The Kier molecular flexibility index (Phi) is 7.04. The van der Waals surface area contributed by atoms with Crippen LogP contribution in [0.4, 0.5) is 9.18 Å². The molecule has 1 amide bonds. The highest BCUT2D eigenvalue weighted by molar-refractivity contribution is 7.88. The van der Waals surface area contributed by atoms with E-state index in [0.29, 0.717) is 19.1 Å². The Hall–Kier alpha value is -1.75. The van der Waals surface area contributed by atoms with E-state index < -0.39 is 28.2 Å². The van der Waals surface area contributed by atoms with E-state index in [0.717, 1.165) is 37.5 Å². The van der Waals surface area contributed by atoms with Crippen molar-refractivity contribution in [3.05, 3.63) is 35.6 Å². The van der Waals surface area contributed by atoms with Gasteiger partial charge >= 0.3 is 6.09 Å². The number of ether oxygens (including phenoxy) is 3. The highest BCUT2D eigenvalue weighted by atomic mass is 32.2. The van der Waals surface area contributed by atoms with Crippen LogP contribution in [0.15, 0.2) is 24.3 Å². The molecule has 1 saturated carbocycles. The predicted molar refractivity (Wildman–Crippen MR) is 115 cm³/mol. The van der Waals surface area contributed by atoms with Crippen LogP contribution in [0.5, 0.6) is 0 Å². The van der Waals surface area contributed by atoms with Crippen molar-refractivity contribution in [2.45, 2.75) is 55.8 Å². The summed E-state index contributed by atoms with van der Waals surface area (Å²) >= 11 is 0. The SMILES string of the molecule is COC(=O)N1[C@@H]2COC[C@@H]2[C@H](NS(C)(=O)=O)[C@@H]1CO[C@H]1CC[C@@H](c2cccc(F)c2)CC1. The van der Waals surface area contributed by atoms with Crippen LogP contribution in [0, 0.1) is 11.7 Å². The molecular formula is C22H31FN2O6S. The normalized spacial score (nSPS) is 32.7. The topological polar surface area (TPSA) is 94.2 Å². The second-order valence-corrected chi connectivity index (χ2v) is 10.8. The molecule has 0 unspecified atom stereocenters. The highest BCUT2D eigenvalue weighted by Gasteiger charge is 2.55. The van der Waals surface area contributed by atoms with Gasteiger partial charge in [0.2, 0.25) is 10.0 Å². The molecule has 32 heavy (non-hydrogen) atoms. The zero-order valence-electron chi connectivity index (χ0n) is 18.4. The van der Waals surface area contributed by atoms with Crippen molar-refractivity contribution in [2.24, 2.45) is 5.92 Å². The van der Waals surface area contributed by atoms with Gasteiger partial charge in [0, 0.05) is 5.92 Å². The van der Waals surface area contributed by atoms with E-state index in [1.54, 1.807) is 17.0 Å². The fourth-order valence-corrected chi connectivity index (χ4v) is 6.25. The smallest absolute Gasteiger partial charge is 0.410 e. The summed E-state index contributed by atoms with van der Waals surface area (Å²) in [5, 5.41) is 0. The number of benzene rings is 1. The minimum atomic E-state index is -3.49. The first-order chi connectivity index (χ1) is 15.3. The Bertz CT molecular complexity index is 921. The van der Waals surface area contributed by atoms with Crippen molar-refractivity contribution in [1.82, 2.24) is 9.62 Å². The zero-order valence-corrected chi connectivity index (χ0v) is 19.2. The number of amides is 1. The molecule has 4 atom stereocenters. The quantitative estimate of drug-likeness (QED) is 0.686. The van der Waals surface area contributed by atoms with Crippen molar-refractivity contribution in [1.29, 1.82) is 0 Å². The third-order valence-corrected chi connectivity index (χ3v) is 7.62. The second kappa shape index (κ2) is 9.62. The number of hydrogen-bond donors (Lipinski definition) is 1. The van der Waals surface area contributed by atoms with Crippen LogP contribution in [-0.2, 0) is 24.2 Å². The molecule has 1 aromatic carbocycles. The van der Waals surface area contributed by atoms with E-state index in [-0.39, 0.29) is 30.5 Å². The Morgan fingerprint density at radius 1 is 1.25 bits per heavy atom. The van der Waals surface area contributed by atoms with Crippen molar-refractivity contribution < 1.29 is 31.8 Å². The number of likely N-dealkylation sites (tertiary alicyclic amines) is 1. The number of rotatable bonds is 6. The molecule has 2 saturated heterocycles. The zero-order chi connectivity index (χ0) is 22.9. The molecule has 3 fully saturated rings. The first-order valence-electron chi connectivity index (χ1n) is 11.0. The van der Waals surface area contributed by atoms with E-state index in [4.69, 9.17) is 14.2 Å². The van der Waals surface area contributed by atoms with Crippen LogP contribution in [0.3, 0.4) is 0 Å². The Morgan fingerprint density at radius 2 is 2.00 bits per heavy atom. The van der Waals surface area contributed by atoms with Crippen LogP contribution >= 0.6 is 0 Å². The average Bonchev–Trinajstić information content (AvgIpc) is 3.33. The van der Waals surface area contributed by atoms with E-state index >= 15 is 0 Å². The number of halogens is 1. The van der Waals surface area contributed by atoms with Gasteiger partial charge in [-0.1, -0.05) is 12.1 Å². The molecule has 0 spiro atoms. The first-order valence-corrected chi connectivity index (χ1v) is 12.9. The van der Waals surface area contributed by atoms with E-state index in [9.17, 15) is 17.6 Å². The number of fused-ring (bicyclic) bond motifs is 1. The lowest BCUT2D eigenvalue weighted by Gasteiger charge is -2.33. The molecule has 1 N–H and O–H groups in total. The molecule has 3 aliphatic rings. The molecular weight excluding hydrogens is 439 g/mol. The summed E-state index contributed by atoms with van der Waals surface area (Å²) in [6.07, 6.45) is 4.05. The molecule has 8 nitrogen and oxygen atoms in total. The van der Waals surface area contributed by atoms with Gasteiger partial charge in [-0.05, 0) is 49.3 Å². The van der Waals surface area contributed by atoms with Gasteiger partial charge in [0.1, 0.15) is 5.82 Å². The molecule has 0 aromatic heterocycles. The van der Waals surface area contributed by atoms with Crippen molar-refractivity contribution in [3.8, 4) is 0 Å². The molecule has 4 rings (SSSR count). The fourth-order valence-electron chi connectivity index (χ4n) is 5.42. The van der Waals surface area contributed by atoms with Gasteiger partial charge in [-0.2, -0.15) is 0 Å². The number of nitrogens with one attached hydrogen (secondary N) is 1. The number of methoxy groups -OCH3 is 1. The lowest BCUT2D eigenvalue weighted by atomic mass is 9.82. The molecule has 1 aliphatic carbocycles. The Balaban J connectivity index is 1.41. The van der Waals surface area contributed by atoms with Gasteiger partial charge in [0.25, 0.3) is 0 Å². The van der Waals surface area contributed by atoms with Gasteiger partial charge in [-0.25, -0.2) is 22.3 Å². The first kappa shape index (κ1) is 23.4. The number of sulfonamides is 1. The third-order valence-electron chi connectivity index (χ3n) is 6.92. The molecule has 2 aliphatic heterocycles. The van der Waals surface area contributed by atoms with Gasteiger partial charge < -0.3 is 14.2 Å². The molecule has 2 heterocycles. The molecule has 0 bridgehead atoms. The fraction of sp³-hybridized carbons (Fsp3) is 0.682. The monoisotopic (exact) mass is 470 g/mol. The standard InChI is InChI=1S/C22H31FN2O6S/c1-29-22(26)25-19-12-30-11-18(19)21(24-32(2,27)28)20(25)13-31-17-8-6-14(7-9-17)15-4-3-5-16(23)10-15/h3-5,10,14,17-21,24H,6-9,11-13H2,1-2H3/t14-,17+,18-,19+,20-,21-/m0/s1. The summed E-state index contributed by atoms with van der Waals surface area (Å²) < 4.78 is 57.0.